The third-order valence-electron chi connectivity index (χ3n) is 3.13. The minimum absolute atomic E-state index is 0.0153. The van der Waals surface area contributed by atoms with Gasteiger partial charge in [0.25, 0.3) is 0 Å². The standard InChI is InChI=1S/C11H14N4OS/c1-6(16)9-10(12)15-8(17-9)5-14-11(15)7-3-2-4-13-7/h5,7,13H,2-4,12H2,1H3. The Balaban J connectivity index is 2.16. The molecule has 0 radical (unpaired) electrons. The van der Waals surface area contributed by atoms with E-state index < -0.39 is 0 Å². The Morgan fingerprint density at radius 1 is 1.71 bits per heavy atom. The van der Waals surface area contributed by atoms with Crippen molar-refractivity contribution < 1.29 is 4.79 Å². The van der Waals surface area contributed by atoms with Crippen LogP contribution in [0.5, 0.6) is 0 Å². The SMILES string of the molecule is CC(=O)c1sc2cnc(C3CCCN3)n2c1N. The molecule has 5 nitrogen and oxygen atoms in total. The van der Waals surface area contributed by atoms with Crippen molar-refractivity contribution in [3.63, 3.8) is 0 Å². The Hall–Kier alpha value is -1.40. The number of hydrogen-bond acceptors (Lipinski definition) is 5. The molecule has 0 aromatic carbocycles. The molecule has 3 N–H and O–H groups in total. The van der Waals surface area contributed by atoms with Gasteiger partial charge in [0.05, 0.1) is 12.2 Å². The van der Waals surface area contributed by atoms with Gasteiger partial charge in [-0.3, -0.25) is 9.20 Å². The molecule has 1 aliphatic heterocycles. The van der Waals surface area contributed by atoms with Gasteiger partial charge in [-0.1, -0.05) is 0 Å². The average Bonchev–Trinajstić information content (AvgIpc) is 2.95. The lowest BCUT2D eigenvalue weighted by Crippen LogP contribution is -2.16. The average molecular weight is 250 g/mol. The summed E-state index contributed by atoms with van der Waals surface area (Å²) < 4.78 is 1.91. The maximum atomic E-state index is 11.4. The van der Waals surface area contributed by atoms with Crippen LogP contribution in [0.2, 0.25) is 0 Å². The van der Waals surface area contributed by atoms with E-state index in [1.54, 1.807) is 13.1 Å². The van der Waals surface area contributed by atoms with E-state index in [9.17, 15) is 4.79 Å². The van der Waals surface area contributed by atoms with Crippen molar-refractivity contribution in [2.45, 2.75) is 25.8 Å². The number of aromatic nitrogens is 2. The molecule has 2 aromatic heterocycles. The predicted octanol–water partition coefficient (Wildman–Crippen LogP) is 1.61. The summed E-state index contributed by atoms with van der Waals surface area (Å²) in [7, 11) is 0. The Bertz CT molecular complexity index is 580. The van der Waals surface area contributed by atoms with E-state index in [0.29, 0.717) is 10.7 Å². The smallest absolute Gasteiger partial charge is 0.173 e. The first-order valence-corrected chi connectivity index (χ1v) is 6.50. The number of anilines is 1. The number of ketones is 1. The molecule has 0 saturated carbocycles. The van der Waals surface area contributed by atoms with Crippen LogP contribution in [0.3, 0.4) is 0 Å². The van der Waals surface area contributed by atoms with E-state index in [1.807, 2.05) is 4.40 Å². The molecular formula is C11H14N4OS. The molecule has 90 valence electrons. The van der Waals surface area contributed by atoms with Crippen LogP contribution in [0.1, 0.15) is 41.3 Å². The zero-order valence-electron chi connectivity index (χ0n) is 9.56. The highest BCUT2D eigenvalue weighted by Crippen LogP contribution is 2.31. The highest BCUT2D eigenvalue weighted by Gasteiger charge is 2.24. The second-order valence-electron chi connectivity index (χ2n) is 4.31. The van der Waals surface area contributed by atoms with Gasteiger partial charge in [-0.2, -0.15) is 0 Å². The number of nitrogens with two attached hydrogens (primary N) is 1. The number of carbonyl (C=O) groups is 1. The van der Waals surface area contributed by atoms with Crippen molar-refractivity contribution in [3.8, 4) is 0 Å². The molecule has 3 rings (SSSR count). The largest absolute Gasteiger partial charge is 0.383 e. The number of Topliss-reactive ketones (excluding diaryl/α,β-unsaturated/α-hetero) is 1. The number of thiazole rings is 1. The number of fused-ring (bicyclic) bond motifs is 1. The van der Waals surface area contributed by atoms with E-state index >= 15 is 0 Å². The fraction of sp³-hybridized carbons (Fsp3) is 0.455. The number of carbonyl (C=O) groups excluding carboxylic acids is 1. The van der Waals surface area contributed by atoms with Crippen molar-refractivity contribution in [2.75, 3.05) is 12.3 Å². The van der Waals surface area contributed by atoms with Crippen LogP contribution in [-0.2, 0) is 0 Å². The molecule has 3 heterocycles. The summed E-state index contributed by atoms with van der Waals surface area (Å²) in [6, 6.07) is 0.259. The quantitative estimate of drug-likeness (QED) is 0.794. The molecule has 0 aliphatic carbocycles. The van der Waals surface area contributed by atoms with Crippen LogP contribution in [0.4, 0.5) is 5.82 Å². The van der Waals surface area contributed by atoms with Gasteiger partial charge in [0.1, 0.15) is 21.3 Å². The molecule has 1 atom stereocenters. The third-order valence-corrected chi connectivity index (χ3v) is 4.33. The number of nitrogen functional groups attached to an aromatic ring is 1. The first kappa shape index (κ1) is 10.7. The van der Waals surface area contributed by atoms with Gasteiger partial charge in [0, 0.05) is 6.92 Å². The molecule has 1 aliphatic rings. The van der Waals surface area contributed by atoms with Gasteiger partial charge in [0.2, 0.25) is 0 Å². The van der Waals surface area contributed by atoms with Crippen LogP contribution in [0.15, 0.2) is 6.20 Å². The molecule has 17 heavy (non-hydrogen) atoms. The fourth-order valence-electron chi connectivity index (χ4n) is 2.33. The summed E-state index contributed by atoms with van der Waals surface area (Å²) in [5, 5.41) is 3.40. The van der Waals surface area contributed by atoms with Crippen LogP contribution >= 0.6 is 11.3 Å². The lowest BCUT2D eigenvalue weighted by molar-refractivity contribution is 0.102. The van der Waals surface area contributed by atoms with Crippen LogP contribution < -0.4 is 11.1 Å². The number of rotatable bonds is 2. The van der Waals surface area contributed by atoms with Crippen molar-refractivity contribution in [1.82, 2.24) is 14.7 Å². The van der Waals surface area contributed by atoms with Gasteiger partial charge in [-0.15, -0.1) is 11.3 Å². The molecule has 1 fully saturated rings. The normalized spacial score (nSPS) is 20.2. The zero-order chi connectivity index (χ0) is 12.0. The van der Waals surface area contributed by atoms with Crippen molar-refractivity contribution in [1.29, 1.82) is 0 Å². The van der Waals surface area contributed by atoms with Crippen molar-refractivity contribution >= 4 is 27.8 Å². The number of nitrogens with one attached hydrogen (secondary N) is 1. The van der Waals surface area contributed by atoms with E-state index in [4.69, 9.17) is 5.73 Å². The number of imidazole rings is 1. The molecule has 0 amide bonds. The first-order valence-electron chi connectivity index (χ1n) is 5.68. The van der Waals surface area contributed by atoms with E-state index in [0.717, 1.165) is 30.0 Å². The first-order chi connectivity index (χ1) is 8.18. The monoisotopic (exact) mass is 250 g/mol. The Morgan fingerprint density at radius 3 is 3.18 bits per heavy atom. The summed E-state index contributed by atoms with van der Waals surface area (Å²) in [5.41, 5.74) is 6.04. The van der Waals surface area contributed by atoms with Crippen molar-refractivity contribution in [2.24, 2.45) is 0 Å². The zero-order valence-corrected chi connectivity index (χ0v) is 10.4. The highest BCUT2D eigenvalue weighted by atomic mass is 32.1. The number of nitrogens with zero attached hydrogens (tertiary/aromatic N) is 2. The van der Waals surface area contributed by atoms with Gasteiger partial charge in [0.15, 0.2) is 5.78 Å². The van der Waals surface area contributed by atoms with Crippen molar-refractivity contribution in [3.05, 3.63) is 16.9 Å². The summed E-state index contributed by atoms with van der Waals surface area (Å²) in [6.07, 6.45) is 4.02. The fourth-order valence-corrected chi connectivity index (χ4v) is 3.26. The summed E-state index contributed by atoms with van der Waals surface area (Å²) in [4.78, 5) is 17.4. The summed E-state index contributed by atoms with van der Waals surface area (Å²) in [5.74, 6) is 1.47. The number of hydrogen-bond donors (Lipinski definition) is 2. The molecule has 0 bridgehead atoms. The highest BCUT2D eigenvalue weighted by molar-refractivity contribution is 7.19. The van der Waals surface area contributed by atoms with Crippen LogP contribution in [0, 0.1) is 0 Å². The Kier molecular flexibility index (Phi) is 2.41. The van der Waals surface area contributed by atoms with E-state index in [2.05, 4.69) is 10.3 Å². The Morgan fingerprint density at radius 2 is 2.53 bits per heavy atom. The van der Waals surface area contributed by atoms with Gasteiger partial charge in [-0.25, -0.2) is 4.98 Å². The summed E-state index contributed by atoms with van der Waals surface area (Å²) >= 11 is 1.41. The minimum Gasteiger partial charge on any atom is -0.383 e. The van der Waals surface area contributed by atoms with Crippen LogP contribution in [0.25, 0.3) is 4.83 Å². The lowest BCUT2D eigenvalue weighted by Gasteiger charge is -2.08. The van der Waals surface area contributed by atoms with Gasteiger partial charge < -0.3 is 11.1 Å². The van der Waals surface area contributed by atoms with E-state index in [1.165, 1.54) is 11.3 Å². The summed E-state index contributed by atoms with van der Waals surface area (Å²) in [6.45, 7) is 2.56. The lowest BCUT2D eigenvalue weighted by atomic mass is 10.2. The maximum absolute atomic E-state index is 11.4. The topological polar surface area (TPSA) is 72.4 Å². The molecule has 6 heteroatoms. The molecule has 1 unspecified atom stereocenters. The second-order valence-corrected chi connectivity index (χ2v) is 5.34. The molecular weight excluding hydrogens is 236 g/mol. The predicted molar refractivity (Wildman–Crippen MR) is 67.5 cm³/mol. The molecule has 1 saturated heterocycles. The van der Waals surface area contributed by atoms with E-state index in [-0.39, 0.29) is 11.8 Å². The van der Waals surface area contributed by atoms with Gasteiger partial charge >= 0.3 is 0 Å². The maximum Gasteiger partial charge on any atom is 0.173 e. The van der Waals surface area contributed by atoms with Crippen LogP contribution in [-0.4, -0.2) is 21.7 Å². The minimum atomic E-state index is 0.0153. The molecule has 2 aromatic rings. The van der Waals surface area contributed by atoms with Gasteiger partial charge in [-0.05, 0) is 19.4 Å². The molecule has 0 spiro atoms. The Labute approximate surface area is 103 Å². The third kappa shape index (κ3) is 1.56. The second kappa shape index (κ2) is 3.82.